The number of aliphatic hydroxyl groups is 1. The van der Waals surface area contributed by atoms with E-state index in [4.69, 9.17) is 0 Å². The second-order valence-corrected chi connectivity index (χ2v) is 5.78. The molecule has 104 valence electrons. The largest absolute Gasteiger partial charge is 0.393 e. The summed E-state index contributed by atoms with van der Waals surface area (Å²) in [4.78, 5) is 4.30. The Balaban J connectivity index is 1.81. The molecular weight excluding hydrogens is 250 g/mol. The van der Waals surface area contributed by atoms with Gasteiger partial charge in [0.05, 0.1) is 30.4 Å². The molecular formula is C16H19N3O. The van der Waals surface area contributed by atoms with Gasteiger partial charge in [-0.3, -0.25) is 0 Å². The fraction of sp³-hybridized carbons (Fsp3) is 0.438. The third-order valence-corrected chi connectivity index (χ3v) is 4.69. The van der Waals surface area contributed by atoms with Crippen molar-refractivity contribution in [1.29, 1.82) is 0 Å². The first-order chi connectivity index (χ1) is 9.86. The number of rotatable bonds is 1. The summed E-state index contributed by atoms with van der Waals surface area (Å²) in [7, 11) is 0. The monoisotopic (exact) mass is 269 g/mol. The maximum Gasteiger partial charge on any atom is 0.0956 e. The van der Waals surface area contributed by atoms with Crippen LogP contribution in [0, 0.1) is 5.92 Å². The Morgan fingerprint density at radius 2 is 2.05 bits per heavy atom. The van der Waals surface area contributed by atoms with Crippen LogP contribution in [0.25, 0.3) is 11.3 Å². The average Bonchev–Trinajstić information content (AvgIpc) is 2.97. The predicted octanol–water partition coefficient (Wildman–Crippen LogP) is 1.81. The molecule has 0 aliphatic carbocycles. The SMILES string of the molecule is OC1CCNCCC1C1c2ccccc2-c2cncn21. The van der Waals surface area contributed by atoms with E-state index in [2.05, 4.69) is 39.1 Å². The van der Waals surface area contributed by atoms with Crippen molar-refractivity contribution in [2.45, 2.75) is 25.0 Å². The number of aromatic nitrogens is 2. The van der Waals surface area contributed by atoms with Crippen molar-refractivity contribution in [3.8, 4) is 11.3 Å². The van der Waals surface area contributed by atoms with E-state index in [1.807, 2.05) is 12.5 Å². The van der Waals surface area contributed by atoms with Crippen molar-refractivity contribution in [3.63, 3.8) is 0 Å². The van der Waals surface area contributed by atoms with Gasteiger partial charge in [0.25, 0.3) is 0 Å². The summed E-state index contributed by atoms with van der Waals surface area (Å²) in [6.45, 7) is 1.88. The molecule has 0 radical (unpaired) electrons. The molecule has 0 amide bonds. The van der Waals surface area contributed by atoms with Gasteiger partial charge in [-0.25, -0.2) is 4.98 Å². The van der Waals surface area contributed by atoms with Crippen molar-refractivity contribution >= 4 is 0 Å². The Labute approximate surface area is 118 Å². The first-order valence-corrected chi connectivity index (χ1v) is 7.36. The first-order valence-electron chi connectivity index (χ1n) is 7.36. The summed E-state index contributed by atoms with van der Waals surface area (Å²) >= 11 is 0. The Morgan fingerprint density at radius 1 is 1.20 bits per heavy atom. The lowest BCUT2D eigenvalue weighted by molar-refractivity contribution is 0.0838. The van der Waals surface area contributed by atoms with E-state index in [1.54, 1.807) is 0 Å². The molecule has 1 aromatic heterocycles. The van der Waals surface area contributed by atoms with Crippen LogP contribution in [0.5, 0.6) is 0 Å². The highest BCUT2D eigenvalue weighted by molar-refractivity contribution is 5.69. The summed E-state index contributed by atoms with van der Waals surface area (Å²) in [5.74, 6) is 0.251. The fourth-order valence-corrected chi connectivity index (χ4v) is 3.73. The Hall–Kier alpha value is -1.65. The zero-order valence-electron chi connectivity index (χ0n) is 11.4. The van der Waals surface area contributed by atoms with Gasteiger partial charge in [0.15, 0.2) is 0 Å². The standard InChI is InChI=1S/C16H19N3O/c20-15-6-8-17-7-5-13(15)16-12-4-2-1-3-11(12)14-9-18-10-19(14)16/h1-4,9-10,13,15-17,20H,5-8H2. The van der Waals surface area contributed by atoms with Crippen LogP contribution in [-0.2, 0) is 0 Å². The molecule has 0 saturated carbocycles. The lowest BCUT2D eigenvalue weighted by Crippen LogP contribution is -2.29. The number of hydrogen-bond donors (Lipinski definition) is 2. The van der Waals surface area contributed by atoms with E-state index >= 15 is 0 Å². The molecule has 4 nitrogen and oxygen atoms in total. The van der Waals surface area contributed by atoms with Gasteiger partial charge in [-0.1, -0.05) is 24.3 Å². The number of imidazole rings is 1. The average molecular weight is 269 g/mol. The maximum absolute atomic E-state index is 10.5. The minimum atomic E-state index is -0.253. The molecule has 20 heavy (non-hydrogen) atoms. The van der Waals surface area contributed by atoms with E-state index in [0.29, 0.717) is 0 Å². The quantitative estimate of drug-likeness (QED) is 0.830. The van der Waals surface area contributed by atoms with Gasteiger partial charge in [-0.05, 0) is 31.5 Å². The highest BCUT2D eigenvalue weighted by atomic mass is 16.3. The van der Waals surface area contributed by atoms with Crippen molar-refractivity contribution in [3.05, 3.63) is 42.4 Å². The van der Waals surface area contributed by atoms with Gasteiger partial charge in [0, 0.05) is 11.5 Å². The minimum absolute atomic E-state index is 0.221. The van der Waals surface area contributed by atoms with E-state index in [9.17, 15) is 5.11 Å². The summed E-state index contributed by atoms with van der Waals surface area (Å²) in [5, 5.41) is 13.9. The Kier molecular flexibility index (Phi) is 2.86. The van der Waals surface area contributed by atoms with Gasteiger partial charge in [0.1, 0.15) is 0 Å². The molecule has 1 fully saturated rings. The van der Waals surface area contributed by atoms with Crippen LogP contribution in [0.15, 0.2) is 36.8 Å². The maximum atomic E-state index is 10.5. The molecule has 2 aromatic rings. The molecule has 3 unspecified atom stereocenters. The number of nitrogens with zero attached hydrogens (tertiary/aromatic N) is 2. The normalized spacial score (nSPS) is 28.8. The summed E-state index contributed by atoms with van der Waals surface area (Å²) in [5.41, 5.74) is 3.77. The summed E-state index contributed by atoms with van der Waals surface area (Å²) in [6, 6.07) is 8.73. The van der Waals surface area contributed by atoms with Crippen molar-refractivity contribution in [1.82, 2.24) is 14.9 Å². The summed E-state index contributed by atoms with van der Waals surface area (Å²) in [6.07, 6.45) is 5.41. The van der Waals surface area contributed by atoms with E-state index in [0.717, 1.165) is 25.9 Å². The van der Waals surface area contributed by atoms with Crippen LogP contribution in [0.3, 0.4) is 0 Å². The van der Waals surface area contributed by atoms with Crippen molar-refractivity contribution < 1.29 is 5.11 Å². The van der Waals surface area contributed by atoms with Crippen molar-refractivity contribution in [2.24, 2.45) is 5.92 Å². The molecule has 4 rings (SSSR count). The zero-order valence-corrected chi connectivity index (χ0v) is 11.4. The smallest absolute Gasteiger partial charge is 0.0956 e. The summed E-state index contributed by atoms with van der Waals surface area (Å²) < 4.78 is 2.24. The number of hydrogen-bond acceptors (Lipinski definition) is 3. The van der Waals surface area contributed by atoms with Crippen LogP contribution in [0.2, 0.25) is 0 Å². The van der Waals surface area contributed by atoms with Gasteiger partial charge in [0.2, 0.25) is 0 Å². The Bertz CT molecular complexity index is 622. The lowest BCUT2D eigenvalue weighted by Gasteiger charge is -2.28. The number of nitrogens with one attached hydrogen (secondary N) is 1. The first kappa shape index (κ1) is 12.1. The number of aliphatic hydroxyl groups excluding tert-OH is 1. The second-order valence-electron chi connectivity index (χ2n) is 5.78. The molecule has 1 aromatic carbocycles. The van der Waals surface area contributed by atoms with E-state index in [-0.39, 0.29) is 18.1 Å². The van der Waals surface area contributed by atoms with Gasteiger partial charge >= 0.3 is 0 Å². The van der Waals surface area contributed by atoms with Gasteiger partial charge < -0.3 is 15.0 Å². The Morgan fingerprint density at radius 3 is 3.00 bits per heavy atom. The predicted molar refractivity (Wildman–Crippen MR) is 77.4 cm³/mol. The second kappa shape index (κ2) is 4.72. The molecule has 1 saturated heterocycles. The topological polar surface area (TPSA) is 50.1 Å². The molecule has 2 aliphatic heterocycles. The van der Waals surface area contributed by atoms with Crippen LogP contribution < -0.4 is 5.32 Å². The minimum Gasteiger partial charge on any atom is -0.393 e. The third-order valence-electron chi connectivity index (χ3n) is 4.69. The molecule has 2 N–H and O–H groups in total. The van der Waals surface area contributed by atoms with E-state index in [1.165, 1.54) is 16.8 Å². The zero-order chi connectivity index (χ0) is 13.5. The number of fused-ring (bicyclic) bond motifs is 3. The molecule has 0 bridgehead atoms. The van der Waals surface area contributed by atoms with E-state index < -0.39 is 0 Å². The van der Waals surface area contributed by atoms with Crippen LogP contribution in [0.4, 0.5) is 0 Å². The highest BCUT2D eigenvalue weighted by Crippen LogP contribution is 2.45. The fourth-order valence-electron chi connectivity index (χ4n) is 3.73. The molecule has 4 heteroatoms. The molecule has 0 spiro atoms. The lowest BCUT2D eigenvalue weighted by atomic mass is 9.85. The van der Waals surface area contributed by atoms with Gasteiger partial charge in [-0.15, -0.1) is 0 Å². The molecule has 2 aliphatic rings. The van der Waals surface area contributed by atoms with Crippen molar-refractivity contribution in [2.75, 3.05) is 13.1 Å². The number of benzene rings is 1. The van der Waals surface area contributed by atoms with Crippen LogP contribution in [-0.4, -0.2) is 33.9 Å². The third kappa shape index (κ3) is 1.72. The highest BCUT2D eigenvalue weighted by Gasteiger charge is 2.37. The molecule has 3 heterocycles. The molecule has 3 atom stereocenters. The van der Waals surface area contributed by atoms with Crippen LogP contribution >= 0.6 is 0 Å². The van der Waals surface area contributed by atoms with Gasteiger partial charge in [-0.2, -0.15) is 0 Å². The van der Waals surface area contributed by atoms with Crippen LogP contribution in [0.1, 0.15) is 24.4 Å².